The maximum Gasteiger partial charge on any atom is 0.260 e. The van der Waals surface area contributed by atoms with Crippen LogP contribution >= 0.6 is 0 Å². The topological polar surface area (TPSA) is 51.0 Å². The fourth-order valence-corrected chi connectivity index (χ4v) is 2.39. The van der Waals surface area contributed by atoms with E-state index in [1.54, 1.807) is 25.1 Å². The first-order chi connectivity index (χ1) is 9.25. The van der Waals surface area contributed by atoms with Crippen molar-refractivity contribution >= 4 is 0 Å². The van der Waals surface area contributed by atoms with Crippen LogP contribution in [0.15, 0.2) is 22.7 Å². The summed E-state index contributed by atoms with van der Waals surface area (Å²) < 4.78 is 19.2. The van der Waals surface area contributed by atoms with E-state index in [2.05, 4.69) is 15.5 Å². The van der Waals surface area contributed by atoms with Crippen LogP contribution < -0.4 is 5.32 Å². The summed E-state index contributed by atoms with van der Waals surface area (Å²) in [7, 11) is 0. The van der Waals surface area contributed by atoms with Crippen LogP contribution in [0.3, 0.4) is 0 Å². The predicted molar refractivity (Wildman–Crippen MR) is 69.3 cm³/mol. The minimum absolute atomic E-state index is 0.263. The number of rotatable bonds is 2. The molecule has 1 aliphatic heterocycles. The Labute approximate surface area is 111 Å². The summed E-state index contributed by atoms with van der Waals surface area (Å²) in [5.74, 6) is 0.906. The summed E-state index contributed by atoms with van der Waals surface area (Å²) in [5.41, 5.74) is 0.958. The molecule has 0 saturated carbocycles. The first-order valence-electron chi connectivity index (χ1n) is 6.55. The zero-order valence-corrected chi connectivity index (χ0v) is 10.8. The van der Waals surface area contributed by atoms with E-state index in [1.165, 1.54) is 0 Å². The van der Waals surface area contributed by atoms with E-state index in [1.807, 2.05) is 0 Å². The van der Waals surface area contributed by atoms with Crippen molar-refractivity contribution in [3.8, 4) is 11.5 Å². The van der Waals surface area contributed by atoms with E-state index >= 15 is 0 Å². The first-order valence-corrected chi connectivity index (χ1v) is 6.55. The molecule has 1 atom stereocenters. The highest BCUT2D eigenvalue weighted by Crippen LogP contribution is 2.26. The Morgan fingerprint density at radius 1 is 1.42 bits per heavy atom. The van der Waals surface area contributed by atoms with E-state index in [9.17, 15) is 4.39 Å². The van der Waals surface area contributed by atoms with Gasteiger partial charge in [-0.3, -0.25) is 0 Å². The van der Waals surface area contributed by atoms with Gasteiger partial charge in [-0.25, -0.2) is 4.39 Å². The van der Waals surface area contributed by atoms with Gasteiger partial charge in [0.1, 0.15) is 5.82 Å². The van der Waals surface area contributed by atoms with Crippen LogP contribution in [0.2, 0.25) is 0 Å². The Morgan fingerprint density at radius 3 is 3.11 bits per heavy atom. The molecule has 5 heteroatoms. The summed E-state index contributed by atoms with van der Waals surface area (Å²) in [6.07, 6.45) is 2.15. The van der Waals surface area contributed by atoms with Crippen molar-refractivity contribution < 1.29 is 8.91 Å². The van der Waals surface area contributed by atoms with Gasteiger partial charge in [0, 0.05) is 12.5 Å². The van der Waals surface area contributed by atoms with Crippen molar-refractivity contribution in [3.05, 3.63) is 35.4 Å². The maximum atomic E-state index is 14.0. The average Bonchev–Trinajstić information content (AvgIpc) is 2.92. The number of aryl methyl sites for hydroxylation is 1. The molecule has 1 aliphatic rings. The summed E-state index contributed by atoms with van der Waals surface area (Å²) in [5, 5.41) is 7.30. The Balaban J connectivity index is 1.90. The zero-order valence-electron chi connectivity index (χ0n) is 10.8. The van der Waals surface area contributed by atoms with Crippen LogP contribution in [-0.2, 0) is 0 Å². The molecular formula is C14H16FN3O. The van der Waals surface area contributed by atoms with Crippen molar-refractivity contribution in [3.63, 3.8) is 0 Å². The highest BCUT2D eigenvalue weighted by molar-refractivity contribution is 5.55. The van der Waals surface area contributed by atoms with Gasteiger partial charge in [0.15, 0.2) is 5.82 Å². The van der Waals surface area contributed by atoms with Crippen molar-refractivity contribution in [2.45, 2.75) is 25.7 Å². The fourth-order valence-electron chi connectivity index (χ4n) is 2.39. The third-order valence-corrected chi connectivity index (χ3v) is 3.53. The van der Waals surface area contributed by atoms with Crippen LogP contribution in [0, 0.1) is 12.7 Å². The van der Waals surface area contributed by atoms with Crippen molar-refractivity contribution in [1.82, 2.24) is 15.5 Å². The standard InChI is InChI=1S/C14H16FN3O/c1-9-4-2-6-11(12(9)15)14-17-13(18-19-14)10-5-3-7-16-8-10/h2,4,6,10,16H,3,5,7-8H2,1H3. The largest absolute Gasteiger partial charge is 0.334 e. The van der Waals surface area contributed by atoms with Gasteiger partial charge in [-0.1, -0.05) is 17.3 Å². The third kappa shape index (κ3) is 2.38. The Hall–Kier alpha value is -1.75. The molecule has 19 heavy (non-hydrogen) atoms. The minimum Gasteiger partial charge on any atom is -0.334 e. The molecule has 0 spiro atoms. The molecule has 0 radical (unpaired) electrons. The second-order valence-electron chi connectivity index (χ2n) is 4.94. The number of hydrogen-bond donors (Lipinski definition) is 1. The molecular weight excluding hydrogens is 245 g/mol. The lowest BCUT2D eigenvalue weighted by molar-refractivity contribution is 0.392. The van der Waals surface area contributed by atoms with Crippen molar-refractivity contribution in [2.75, 3.05) is 13.1 Å². The van der Waals surface area contributed by atoms with Gasteiger partial charge in [0.05, 0.1) is 5.56 Å². The molecule has 0 amide bonds. The quantitative estimate of drug-likeness (QED) is 0.903. The third-order valence-electron chi connectivity index (χ3n) is 3.53. The number of aromatic nitrogens is 2. The molecule has 1 fully saturated rings. The van der Waals surface area contributed by atoms with Gasteiger partial charge in [0.2, 0.25) is 0 Å². The van der Waals surface area contributed by atoms with Gasteiger partial charge in [-0.05, 0) is 37.9 Å². The number of hydrogen-bond acceptors (Lipinski definition) is 4. The number of piperidine rings is 1. The lowest BCUT2D eigenvalue weighted by Crippen LogP contribution is -2.28. The molecule has 3 rings (SSSR count). The van der Waals surface area contributed by atoms with Gasteiger partial charge in [-0.2, -0.15) is 4.98 Å². The Bertz CT molecular complexity index is 576. The fraction of sp³-hybridized carbons (Fsp3) is 0.429. The molecule has 1 unspecified atom stereocenters. The van der Waals surface area contributed by atoms with Crippen LogP contribution in [-0.4, -0.2) is 23.2 Å². The van der Waals surface area contributed by atoms with Gasteiger partial charge < -0.3 is 9.84 Å². The number of halogens is 1. The molecule has 100 valence electrons. The number of benzene rings is 1. The molecule has 2 aromatic rings. The lowest BCUT2D eigenvalue weighted by Gasteiger charge is -2.19. The van der Waals surface area contributed by atoms with Crippen LogP contribution in [0.4, 0.5) is 4.39 Å². The SMILES string of the molecule is Cc1cccc(-c2nc(C3CCCNC3)no2)c1F. The van der Waals surface area contributed by atoms with Gasteiger partial charge in [-0.15, -0.1) is 0 Å². The van der Waals surface area contributed by atoms with E-state index < -0.39 is 0 Å². The van der Waals surface area contributed by atoms with Crippen LogP contribution in [0.1, 0.15) is 30.1 Å². The average molecular weight is 261 g/mol. The predicted octanol–water partition coefficient (Wildman–Crippen LogP) is 2.65. The first kappa shape index (κ1) is 12.3. The van der Waals surface area contributed by atoms with Crippen molar-refractivity contribution in [1.29, 1.82) is 0 Å². The molecule has 0 bridgehead atoms. The summed E-state index contributed by atoms with van der Waals surface area (Å²) in [4.78, 5) is 4.35. The van der Waals surface area contributed by atoms with Crippen LogP contribution in [0.25, 0.3) is 11.5 Å². The second kappa shape index (κ2) is 5.09. The summed E-state index contributed by atoms with van der Waals surface area (Å²) in [6.45, 7) is 3.62. The van der Waals surface area contributed by atoms with E-state index in [-0.39, 0.29) is 17.6 Å². The normalized spacial score (nSPS) is 19.6. The van der Waals surface area contributed by atoms with E-state index in [4.69, 9.17) is 4.52 Å². The number of nitrogens with zero attached hydrogens (tertiary/aromatic N) is 2. The Kier molecular flexibility index (Phi) is 3.29. The van der Waals surface area contributed by atoms with E-state index in [0.717, 1.165) is 25.9 Å². The lowest BCUT2D eigenvalue weighted by atomic mass is 9.99. The van der Waals surface area contributed by atoms with Gasteiger partial charge >= 0.3 is 0 Å². The highest BCUT2D eigenvalue weighted by Gasteiger charge is 2.22. The molecule has 4 nitrogen and oxygen atoms in total. The van der Waals surface area contributed by atoms with Crippen molar-refractivity contribution in [2.24, 2.45) is 0 Å². The highest BCUT2D eigenvalue weighted by atomic mass is 19.1. The van der Waals surface area contributed by atoms with Crippen LogP contribution in [0.5, 0.6) is 0 Å². The zero-order chi connectivity index (χ0) is 13.2. The molecule has 0 aliphatic carbocycles. The van der Waals surface area contributed by atoms with E-state index in [0.29, 0.717) is 17.0 Å². The smallest absolute Gasteiger partial charge is 0.260 e. The minimum atomic E-state index is -0.292. The molecule has 2 heterocycles. The maximum absolute atomic E-state index is 14.0. The monoisotopic (exact) mass is 261 g/mol. The summed E-state index contributed by atoms with van der Waals surface area (Å²) in [6, 6.07) is 5.18. The number of nitrogens with one attached hydrogen (secondary N) is 1. The Morgan fingerprint density at radius 2 is 2.32 bits per heavy atom. The summed E-state index contributed by atoms with van der Waals surface area (Å²) >= 11 is 0. The molecule has 1 aromatic heterocycles. The second-order valence-corrected chi connectivity index (χ2v) is 4.94. The van der Waals surface area contributed by atoms with Gasteiger partial charge in [0.25, 0.3) is 5.89 Å². The molecule has 1 saturated heterocycles. The molecule has 1 aromatic carbocycles. The molecule has 1 N–H and O–H groups in total.